The van der Waals surface area contributed by atoms with E-state index in [9.17, 15) is 19.7 Å². The molecule has 0 saturated heterocycles. The maximum atomic E-state index is 12.6. The second-order valence-electron chi connectivity index (χ2n) is 5.73. The number of hydrogen-bond acceptors (Lipinski definition) is 7. The van der Waals surface area contributed by atoms with Gasteiger partial charge in [-0.3, -0.25) is 25.0 Å². The third kappa shape index (κ3) is 4.73. The molecule has 0 saturated carbocycles. The molecule has 2 amide bonds. The smallest absolute Gasteiger partial charge is 0.270 e. The predicted molar refractivity (Wildman–Crippen MR) is 110 cm³/mol. The van der Waals surface area contributed by atoms with E-state index in [1.165, 1.54) is 35.6 Å². The fraction of sp³-hybridized carbons (Fsp3) is 0.111. The first kappa shape index (κ1) is 20.4. The highest BCUT2D eigenvalue weighted by molar-refractivity contribution is 7.15. The number of aryl methyl sites for hydroxylation is 1. The van der Waals surface area contributed by atoms with Gasteiger partial charge in [0.05, 0.1) is 26.8 Å². The Morgan fingerprint density at radius 1 is 1.10 bits per heavy atom. The van der Waals surface area contributed by atoms with Crippen LogP contribution in [0.3, 0.4) is 0 Å². The van der Waals surface area contributed by atoms with Gasteiger partial charge in [0.25, 0.3) is 17.5 Å². The van der Waals surface area contributed by atoms with Crippen molar-refractivity contribution in [3.63, 3.8) is 0 Å². The van der Waals surface area contributed by atoms with Crippen molar-refractivity contribution in [1.82, 2.24) is 10.2 Å². The minimum Gasteiger partial charge on any atom is -0.321 e. The van der Waals surface area contributed by atoms with Crippen LogP contribution in [0.15, 0.2) is 42.5 Å². The number of non-ortho nitro benzene ring substituents is 1. The minimum atomic E-state index is -0.678. The number of carbonyl (C=O) groups is 2. The van der Waals surface area contributed by atoms with E-state index in [1.54, 1.807) is 12.1 Å². The van der Waals surface area contributed by atoms with Crippen LogP contribution in [0.25, 0.3) is 0 Å². The van der Waals surface area contributed by atoms with Gasteiger partial charge in [0, 0.05) is 12.1 Å². The monoisotopic (exact) mass is 431 g/mol. The zero-order valence-electron chi connectivity index (χ0n) is 15.0. The topological polar surface area (TPSA) is 127 Å². The molecule has 0 atom stereocenters. The lowest BCUT2D eigenvalue weighted by atomic mass is 10.1. The first-order chi connectivity index (χ1) is 13.9. The Balaban J connectivity index is 1.83. The van der Waals surface area contributed by atoms with Crippen molar-refractivity contribution in [2.24, 2.45) is 0 Å². The van der Waals surface area contributed by atoms with Crippen LogP contribution in [-0.4, -0.2) is 26.9 Å². The van der Waals surface area contributed by atoms with Crippen LogP contribution in [0.4, 0.5) is 16.5 Å². The third-order valence-corrected chi connectivity index (χ3v) is 5.13. The maximum Gasteiger partial charge on any atom is 0.270 e. The summed E-state index contributed by atoms with van der Waals surface area (Å²) >= 11 is 7.27. The summed E-state index contributed by atoms with van der Waals surface area (Å²) in [6.45, 7) is 1.93. The van der Waals surface area contributed by atoms with Crippen LogP contribution in [0, 0.1) is 10.1 Å². The number of nitro groups is 1. The summed E-state index contributed by atoms with van der Waals surface area (Å²) in [5, 5.41) is 25.2. The number of halogens is 1. The number of hydrogen-bond donors (Lipinski definition) is 2. The van der Waals surface area contributed by atoms with Crippen molar-refractivity contribution in [3.05, 3.63) is 73.7 Å². The SMILES string of the molecule is CCc1nnc(NC(=O)c2ccccc2NC(=O)c2cc([N+](=O)[O-])ccc2Cl)s1. The summed E-state index contributed by atoms with van der Waals surface area (Å²) in [6.07, 6.45) is 0.699. The number of carbonyl (C=O) groups excluding carboxylic acids is 2. The van der Waals surface area contributed by atoms with E-state index in [4.69, 9.17) is 11.6 Å². The standard InChI is InChI=1S/C18H14ClN5O4S/c1-2-15-22-23-18(29-15)21-16(25)11-5-3-4-6-14(11)20-17(26)12-9-10(24(27)28)7-8-13(12)19/h3-9H,2H2,1H3,(H,20,26)(H,21,23,25). The summed E-state index contributed by atoms with van der Waals surface area (Å²) in [4.78, 5) is 35.6. The van der Waals surface area contributed by atoms with Crippen molar-refractivity contribution < 1.29 is 14.5 Å². The molecule has 148 valence electrons. The molecule has 3 aromatic rings. The Morgan fingerprint density at radius 2 is 1.83 bits per heavy atom. The Labute approximate surface area is 173 Å². The van der Waals surface area contributed by atoms with Gasteiger partial charge in [0.1, 0.15) is 5.01 Å². The van der Waals surface area contributed by atoms with Crippen molar-refractivity contribution >= 4 is 51.3 Å². The Bertz CT molecular complexity index is 1100. The lowest BCUT2D eigenvalue weighted by molar-refractivity contribution is -0.384. The van der Waals surface area contributed by atoms with E-state index in [-0.39, 0.29) is 27.5 Å². The Hall–Kier alpha value is -3.37. The van der Waals surface area contributed by atoms with Crippen molar-refractivity contribution in [2.75, 3.05) is 10.6 Å². The quantitative estimate of drug-likeness (QED) is 0.445. The number of benzene rings is 2. The predicted octanol–water partition coefficient (Wildman–Crippen LogP) is 4.17. The van der Waals surface area contributed by atoms with Crippen LogP contribution in [0.5, 0.6) is 0 Å². The van der Waals surface area contributed by atoms with Crippen LogP contribution in [0.1, 0.15) is 32.6 Å². The lowest BCUT2D eigenvalue weighted by Gasteiger charge is -2.11. The Kier molecular flexibility index (Phi) is 6.15. The second kappa shape index (κ2) is 8.76. The molecule has 0 unspecified atom stereocenters. The molecule has 29 heavy (non-hydrogen) atoms. The summed E-state index contributed by atoms with van der Waals surface area (Å²) in [7, 11) is 0. The number of aromatic nitrogens is 2. The molecule has 1 aromatic heterocycles. The molecule has 0 aliphatic rings. The molecule has 3 rings (SSSR count). The first-order valence-electron chi connectivity index (χ1n) is 8.37. The molecule has 0 fully saturated rings. The number of nitrogens with one attached hydrogen (secondary N) is 2. The minimum absolute atomic E-state index is 0.0518. The van der Waals surface area contributed by atoms with E-state index in [1.807, 2.05) is 6.92 Å². The first-order valence-corrected chi connectivity index (χ1v) is 9.56. The van der Waals surface area contributed by atoms with Gasteiger partial charge in [-0.2, -0.15) is 0 Å². The molecule has 0 aliphatic carbocycles. The van der Waals surface area contributed by atoms with Gasteiger partial charge in [-0.1, -0.05) is 42.0 Å². The van der Waals surface area contributed by atoms with E-state index in [2.05, 4.69) is 20.8 Å². The van der Waals surface area contributed by atoms with Crippen LogP contribution >= 0.6 is 22.9 Å². The average molecular weight is 432 g/mol. The molecular formula is C18H14ClN5O4S. The average Bonchev–Trinajstić information content (AvgIpc) is 3.16. The zero-order valence-corrected chi connectivity index (χ0v) is 16.6. The molecular weight excluding hydrogens is 418 g/mol. The molecule has 0 spiro atoms. The molecule has 1 heterocycles. The van der Waals surface area contributed by atoms with Gasteiger partial charge in [0.15, 0.2) is 0 Å². The summed E-state index contributed by atoms with van der Waals surface area (Å²) < 4.78 is 0. The second-order valence-corrected chi connectivity index (χ2v) is 7.20. The summed E-state index contributed by atoms with van der Waals surface area (Å²) in [5.41, 5.74) is 0.0646. The van der Waals surface area contributed by atoms with E-state index in [0.717, 1.165) is 11.1 Å². The third-order valence-electron chi connectivity index (χ3n) is 3.82. The molecule has 9 nitrogen and oxygen atoms in total. The maximum absolute atomic E-state index is 12.6. The highest BCUT2D eigenvalue weighted by Gasteiger charge is 2.19. The van der Waals surface area contributed by atoms with Gasteiger partial charge in [-0.15, -0.1) is 10.2 Å². The number of nitrogens with zero attached hydrogens (tertiary/aromatic N) is 3. The Morgan fingerprint density at radius 3 is 2.52 bits per heavy atom. The number of para-hydroxylation sites is 1. The number of rotatable bonds is 6. The largest absolute Gasteiger partial charge is 0.321 e. The summed E-state index contributed by atoms with van der Waals surface area (Å²) in [5.74, 6) is -1.16. The van der Waals surface area contributed by atoms with Gasteiger partial charge in [-0.25, -0.2) is 0 Å². The van der Waals surface area contributed by atoms with E-state index in [0.29, 0.717) is 11.6 Å². The molecule has 0 bridgehead atoms. The van der Waals surface area contributed by atoms with Gasteiger partial charge >= 0.3 is 0 Å². The van der Waals surface area contributed by atoms with Crippen molar-refractivity contribution in [3.8, 4) is 0 Å². The van der Waals surface area contributed by atoms with Crippen molar-refractivity contribution in [1.29, 1.82) is 0 Å². The molecule has 2 N–H and O–H groups in total. The van der Waals surface area contributed by atoms with Crippen LogP contribution < -0.4 is 10.6 Å². The van der Waals surface area contributed by atoms with Crippen molar-refractivity contribution in [2.45, 2.75) is 13.3 Å². The zero-order chi connectivity index (χ0) is 21.0. The van der Waals surface area contributed by atoms with Gasteiger partial charge < -0.3 is 5.32 Å². The lowest BCUT2D eigenvalue weighted by Crippen LogP contribution is -2.18. The fourth-order valence-corrected chi connectivity index (χ4v) is 3.27. The highest BCUT2D eigenvalue weighted by atomic mass is 35.5. The molecule has 0 aliphatic heterocycles. The van der Waals surface area contributed by atoms with E-state index < -0.39 is 16.7 Å². The normalized spacial score (nSPS) is 10.4. The molecule has 11 heteroatoms. The van der Waals surface area contributed by atoms with Crippen LogP contribution in [-0.2, 0) is 6.42 Å². The molecule has 0 radical (unpaired) electrons. The van der Waals surface area contributed by atoms with E-state index >= 15 is 0 Å². The van der Waals surface area contributed by atoms with Gasteiger partial charge in [-0.05, 0) is 24.6 Å². The van der Waals surface area contributed by atoms with Gasteiger partial charge in [0.2, 0.25) is 5.13 Å². The summed E-state index contributed by atoms with van der Waals surface area (Å²) in [6, 6.07) is 9.90. The van der Waals surface area contributed by atoms with Crippen LogP contribution in [0.2, 0.25) is 5.02 Å². The number of amides is 2. The molecule has 2 aromatic carbocycles. The number of anilines is 2. The fourth-order valence-electron chi connectivity index (χ4n) is 2.39. The number of nitro benzene ring substituents is 1. The highest BCUT2D eigenvalue weighted by Crippen LogP contribution is 2.25.